The third kappa shape index (κ3) is 16.3. The van der Waals surface area contributed by atoms with Gasteiger partial charge in [0, 0.05) is 36.5 Å². The van der Waals surface area contributed by atoms with Gasteiger partial charge < -0.3 is 64.1 Å². The summed E-state index contributed by atoms with van der Waals surface area (Å²) < 4.78 is 0. The lowest BCUT2D eigenvalue weighted by Crippen LogP contribution is -2.60. The number of carbonyl (C=O) groups excluding carboxylic acids is 5. The highest BCUT2D eigenvalue weighted by Gasteiger charge is 2.34. The van der Waals surface area contributed by atoms with Gasteiger partial charge in [0.25, 0.3) is 0 Å². The summed E-state index contributed by atoms with van der Waals surface area (Å²) in [6, 6.07) is 13.5. The van der Waals surface area contributed by atoms with Crippen LogP contribution in [0.3, 0.4) is 0 Å². The number of amides is 5. The first-order valence-electron chi connectivity index (χ1n) is 21.0. The predicted octanol–water partition coefficient (Wildman–Crippen LogP) is 0.312. The maximum atomic E-state index is 14.2. The molecule has 0 radical (unpaired) electrons. The molecule has 348 valence electrons. The van der Waals surface area contributed by atoms with E-state index in [0.717, 1.165) is 16.5 Å². The SMILES string of the molecule is CC(C)C[C@H](NC(=O)[C@H](Cc1ccc(O)cc1)NC(=O)[C@H](CC(=O)O)NC(=O)[C@H](Cc1c[nH]c2ccccc12)NC(=O)[C@@H](N)Cc1ccccc1)C(=O)N[C@@H](CCCN=C(N)N)C(=O)O. The fourth-order valence-corrected chi connectivity index (χ4v) is 6.98. The Hall–Kier alpha value is -7.48. The Morgan fingerprint density at radius 3 is 1.82 bits per heavy atom. The van der Waals surface area contributed by atoms with Crippen LogP contribution >= 0.6 is 0 Å². The van der Waals surface area contributed by atoms with Crippen LogP contribution < -0.4 is 43.8 Å². The lowest BCUT2D eigenvalue weighted by Gasteiger charge is -2.27. The number of hydrogen-bond acceptors (Lipinski definition) is 10. The molecule has 65 heavy (non-hydrogen) atoms. The lowest BCUT2D eigenvalue weighted by atomic mass is 10.00. The number of rotatable bonds is 25. The van der Waals surface area contributed by atoms with Crippen molar-refractivity contribution in [2.24, 2.45) is 28.1 Å². The third-order valence-electron chi connectivity index (χ3n) is 10.3. The van der Waals surface area contributed by atoms with E-state index in [0.29, 0.717) is 11.1 Å². The van der Waals surface area contributed by atoms with Gasteiger partial charge in [-0.3, -0.25) is 33.8 Å². The molecule has 5 amide bonds. The van der Waals surface area contributed by atoms with Gasteiger partial charge in [0.15, 0.2) is 5.96 Å². The van der Waals surface area contributed by atoms with Crippen molar-refractivity contribution in [1.82, 2.24) is 31.6 Å². The summed E-state index contributed by atoms with van der Waals surface area (Å²) in [5.41, 5.74) is 19.6. The molecule has 0 unspecified atom stereocenters. The topological polar surface area (TPSA) is 347 Å². The van der Waals surface area contributed by atoms with Crippen LogP contribution in [-0.4, -0.2) is 111 Å². The van der Waals surface area contributed by atoms with Crippen LogP contribution in [0.4, 0.5) is 0 Å². The van der Waals surface area contributed by atoms with Gasteiger partial charge in [-0.25, -0.2) is 4.79 Å². The normalized spacial score (nSPS) is 13.8. The highest BCUT2D eigenvalue weighted by molar-refractivity contribution is 5.98. The number of aromatic hydroxyl groups is 1. The Morgan fingerprint density at radius 2 is 1.18 bits per heavy atom. The zero-order valence-electron chi connectivity index (χ0n) is 36.2. The number of phenolic OH excluding ortho intramolecular Hbond substituents is 1. The van der Waals surface area contributed by atoms with E-state index >= 15 is 0 Å². The number of guanidine groups is 1. The molecule has 1 aromatic heterocycles. The van der Waals surface area contributed by atoms with E-state index < -0.39 is 84.1 Å². The summed E-state index contributed by atoms with van der Waals surface area (Å²) in [6.07, 6.45) is 0.765. The number of carboxylic acids is 2. The van der Waals surface area contributed by atoms with Gasteiger partial charge >= 0.3 is 11.9 Å². The van der Waals surface area contributed by atoms with Crippen LogP contribution in [0, 0.1) is 5.92 Å². The van der Waals surface area contributed by atoms with Gasteiger partial charge in [0.1, 0.15) is 36.0 Å². The number of para-hydroxylation sites is 1. The fraction of sp³-hybridized carbons (Fsp3) is 0.378. The Labute approximate surface area is 375 Å². The van der Waals surface area contributed by atoms with E-state index in [4.69, 9.17) is 17.2 Å². The largest absolute Gasteiger partial charge is 0.508 e. The first kappa shape index (κ1) is 50.2. The van der Waals surface area contributed by atoms with Gasteiger partial charge in [0.05, 0.1) is 12.5 Å². The van der Waals surface area contributed by atoms with Crippen molar-refractivity contribution < 1.29 is 48.9 Å². The molecule has 4 rings (SSSR count). The summed E-state index contributed by atoms with van der Waals surface area (Å²) in [4.78, 5) is 101. The fourth-order valence-electron chi connectivity index (χ4n) is 6.98. The molecule has 20 heteroatoms. The number of aromatic amines is 1. The van der Waals surface area contributed by atoms with Crippen molar-refractivity contribution in [2.75, 3.05) is 6.54 Å². The molecule has 0 aliphatic heterocycles. The molecule has 0 aliphatic carbocycles. The number of nitrogens with one attached hydrogen (secondary N) is 6. The number of H-pyrrole nitrogens is 1. The monoisotopic (exact) mass is 898 g/mol. The Bertz CT molecular complexity index is 2300. The highest BCUT2D eigenvalue weighted by Crippen LogP contribution is 2.20. The van der Waals surface area contributed by atoms with E-state index in [1.165, 1.54) is 24.3 Å². The number of aliphatic carboxylic acids is 2. The molecule has 0 aliphatic rings. The zero-order chi connectivity index (χ0) is 47.6. The molecule has 0 bridgehead atoms. The van der Waals surface area contributed by atoms with Crippen molar-refractivity contribution >= 4 is 58.3 Å². The minimum atomic E-state index is -1.79. The molecule has 20 nitrogen and oxygen atoms in total. The molecule has 1 heterocycles. The number of phenols is 1. The van der Waals surface area contributed by atoms with E-state index in [9.17, 15) is 48.9 Å². The van der Waals surface area contributed by atoms with Crippen LogP contribution in [0.15, 0.2) is 90.1 Å². The summed E-state index contributed by atoms with van der Waals surface area (Å²) in [5, 5.41) is 43.1. The maximum absolute atomic E-state index is 14.2. The Kier molecular flexibility index (Phi) is 18.8. The average Bonchev–Trinajstić information content (AvgIpc) is 3.66. The first-order chi connectivity index (χ1) is 30.9. The molecule has 15 N–H and O–H groups in total. The Balaban J connectivity index is 1.59. The van der Waals surface area contributed by atoms with E-state index in [1.807, 2.05) is 24.3 Å². The molecule has 0 fully saturated rings. The molecule has 0 spiro atoms. The van der Waals surface area contributed by atoms with Crippen molar-refractivity contribution in [1.29, 1.82) is 0 Å². The number of aromatic nitrogens is 1. The van der Waals surface area contributed by atoms with Crippen LogP contribution in [-0.2, 0) is 52.8 Å². The number of hydrogen-bond donors (Lipinski definition) is 12. The second-order valence-electron chi connectivity index (χ2n) is 16.1. The van der Waals surface area contributed by atoms with Gasteiger partial charge in [-0.2, -0.15) is 0 Å². The van der Waals surface area contributed by atoms with Crippen LogP contribution in [0.1, 0.15) is 56.2 Å². The molecular weight excluding hydrogens is 841 g/mol. The summed E-state index contributed by atoms with van der Waals surface area (Å²) >= 11 is 0. The minimum Gasteiger partial charge on any atom is -0.508 e. The highest BCUT2D eigenvalue weighted by atomic mass is 16.4. The molecular formula is C45H58N10O10. The quantitative estimate of drug-likeness (QED) is 0.0242. The average molecular weight is 899 g/mol. The number of carboxylic acid groups (broad SMARTS) is 2. The summed E-state index contributed by atoms with van der Waals surface area (Å²) in [5.74, 6) is -7.68. The van der Waals surface area contributed by atoms with Crippen molar-refractivity contribution in [3.05, 3.63) is 102 Å². The number of carbonyl (C=O) groups is 7. The Morgan fingerprint density at radius 1 is 0.646 bits per heavy atom. The van der Waals surface area contributed by atoms with Gasteiger partial charge in [0.2, 0.25) is 29.5 Å². The van der Waals surface area contributed by atoms with E-state index in [-0.39, 0.29) is 62.7 Å². The number of benzene rings is 3. The second kappa shape index (κ2) is 24.4. The number of aliphatic imine (C=N–C) groups is 1. The second-order valence-corrected chi connectivity index (χ2v) is 16.1. The first-order valence-corrected chi connectivity index (χ1v) is 21.0. The van der Waals surface area contributed by atoms with Crippen molar-refractivity contribution in [3.8, 4) is 5.75 Å². The third-order valence-corrected chi connectivity index (χ3v) is 10.3. The van der Waals surface area contributed by atoms with E-state index in [2.05, 4.69) is 36.6 Å². The molecule has 0 saturated heterocycles. The van der Waals surface area contributed by atoms with E-state index in [1.54, 1.807) is 50.4 Å². The van der Waals surface area contributed by atoms with Crippen LogP contribution in [0.25, 0.3) is 10.9 Å². The molecule has 0 saturated carbocycles. The number of fused-ring (bicyclic) bond motifs is 1. The maximum Gasteiger partial charge on any atom is 0.326 e. The van der Waals surface area contributed by atoms with Crippen molar-refractivity contribution in [3.63, 3.8) is 0 Å². The predicted molar refractivity (Wildman–Crippen MR) is 241 cm³/mol. The van der Waals surface area contributed by atoms with Crippen LogP contribution in [0.2, 0.25) is 0 Å². The molecule has 3 aromatic carbocycles. The smallest absolute Gasteiger partial charge is 0.326 e. The lowest BCUT2D eigenvalue weighted by molar-refractivity contribution is -0.142. The van der Waals surface area contributed by atoms with Gasteiger partial charge in [-0.15, -0.1) is 0 Å². The summed E-state index contributed by atoms with van der Waals surface area (Å²) in [6.45, 7) is 3.66. The summed E-state index contributed by atoms with van der Waals surface area (Å²) in [7, 11) is 0. The minimum absolute atomic E-state index is 0.0385. The van der Waals surface area contributed by atoms with Gasteiger partial charge in [-0.05, 0) is 66.5 Å². The number of nitrogens with zero attached hydrogens (tertiary/aromatic N) is 1. The standard InChI is InChI=1S/C45H58N10O10/c1-25(2)19-34(40(60)51-33(44(64)65)13-8-18-49-45(47)48)53-41(61)35(21-27-14-16-29(56)17-15-27)54-43(63)37(23-38(57)58)55-42(62)36(22-28-24-50-32-12-7-6-11-30(28)32)52-39(59)31(46)20-26-9-4-3-5-10-26/h3-7,9-12,14-17,24-25,31,33-37,50,56H,8,13,18-23,46H2,1-2H3,(H,51,60)(H,52,59)(H,53,61)(H,54,63)(H,55,62)(H,57,58)(H,64,65)(H4,47,48,49)/t31-,33-,34-,35-,36-,37-/m0/s1. The molecule has 4 aromatic rings. The zero-order valence-corrected chi connectivity index (χ0v) is 36.2. The van der Waals surface area contributed by atoms with Crippen molar-refractivity contribution in [2.45, 2.75) is 95.0 Å². The number of nitrogens with two attached hydrogens (primary N) is 3. The van der Waals surface area contributed by atoms with Gasteiger partial charge in [-0.1, -0.05) is 74.5 Å². The van der Waals surface area contributed by atoms with Crippen LogP contribution in [0.5, 0.6) is 5.75 Å². The molecule has 6 atom stereocenters.